The van der Waals surface area contributed by atoms with E-state index in [1.807, 2.05) is 13.8 Å². The summed E-state index contributed by atoms with van der Waals surface area (Å²) in [5.41, 5.74) is 2.22. The van der Waals surface area contributed by atoms with Gasteiger partial charge in [-0.05, 0) is 79.1 Å². The third kappa shape index (κ3) is 4.57. The van der Waals surface area contributed by atoms with Crippen molar-refractivity contribution in [2.45, 2.75) is 26.3 Å². The highest BCUT2D eigenvalue weighted by atomic mass is 16.5. The number of amides is 1. The van der Waals surface area contributed by atoms with E-state index in [0.29, 0.717) is 34.9 Å². The van der Waals surface area contributed by atoms with E-state index in [0.717, 1.165) is 12.0 Å². The first-order chi connectivity index (χ1) is 16.8. The van der Waals surface area contributed by atoms with Crippen LogP contribution in [0.2, 0.25) is 0 Å². The molecule has 3 aromatic carbocycles. The predicted molar refractivity (Wildman–Crippen MR) is 133 cm³/mol. The van der Waals surface area contributed by atoms with E-state index in [2.05, 4.69) is 0 Å². The van der Waals surface area contributed by atoms with Crippen LogP contribution in [0.5, 0.6) is 17.2 Å². The number of phenolic OH excluding ortho intramolecular Hbond substituents is 1. The Bertz CT molecular complexity index is 1280. The summed E-state index contributed by atoms with van der Waals surface area (Å²) in [6.07, 6.45) is 0.864. The number of phenols is 1. The number of anilines is 1. The molecular weight excluding hydrogens is 446 g/mol. The third-order valence-electron chi connectivity index (χ3n) is 5.91. The van der Waals surface area contributed by atoms with Crippen LogP contribution in [0.4, 0.5) is 5.69 Å². The molecule has 0 aromatic heterocycles. The summed E-state index contributed by atoms with van der Waals surface area (Å²) < 4.78 is 10.9. The van der Waals surface area contributed by atoms with Crippen LogP contribution < -0.4 is 14.4 Å². The largest absolute Gasteiger partial charge is 0.508 e. The topological polar surface area (TPSA) is 96.3 Å². The van der Waals surface area contributed by atoms with Crippen LogP contribution in [0.15, 0.2) is 72.3 Å². The third-order valence-corrected chi connectivity index (χ3v) is 5.91. The Kier molecular flexibility index (Phi) is 6.78. The average molecular weight is 474 g/mol. The maximum Gasteiger partial charge on any atom is 0.300 e. The van der Waals surface area contributed by atoms with Crippen LogP contribution in [0.3, 0.4) is 0 Å². The van der Waals surface area contributed by atoms with Gasteiger partial charge in [0.25, 0.3) is 11.7 Å². The van der Waals surface area contributed by atoms with Crippen molar-refractivity contribution in [3.05, 3.63) is 89.0 Å². The van der Waals surface area contributed by atoms with Gasteiger partial charge in [0.15, 0.2) is 0 Å². The Hall–Kier alpha value is -4.26. The van der Waals surface area contributed by atoms with Crippen LogP contribution in [-0.2, 0) is 9.59 Å². The molecule has 4 rings (SSSR count). The first-order valence-corrected chi connectivity index (χ1v) is 11.3. The normalized spacial score (nSPS) is 17.0. The average Bonchev–Trinajstić information content (AvgIpc) is 3.13. The highest BCUT2D eigenvalue weighted by Crippen LogP contribution is 2.43. The number of ketones is 1. The van der Waals surface area contributed by atoms with E-state index in [-0.39, 0.29) is 17.1 Å². The molecule has 0 radical (unpaired) electrons. The highest BCUT2D eigenvalue weighted by Gasteiger charge is 2.47. The molecule has 0 saturated carbocycles. The fourth-order valence-corrected chi connectivity index (χ4v) is 4.14. The van der Waals surface area contributed by atoms with Gasteiger partial charge in [-0.1, -0.05) is 19.1 Å². The molecule has 0 aliphatic carbocycles. The maximum absolute atomic E-state index is 13.3. The molecule has 3 aromatic rings. The van der Waals surface area contributed by atoms with Crippen LogP contribution in [-0.4, -0.2) is 35.6 Å². The number of nitrogens with zero attached hydrogens (tertiary/aromatic N) is 1. The fourth-order valence-electron chi connectivity index (χ4n) is 4.14. The molecule has 1 aliphatic rings. The van der Waals surface area contributed by atoms with Crippen molar-refractivity contribution in [2.24, 2.45) is 0 Å². The fraction of sp³-hybridized carbons (Fsp3) is 0.214. The maximum atomic E-state index is 13.3. The lowest BCUT2D eigenvalue weighted by molar-refractivity contribution is -0.132. The molecule has 180 valence electrons. The van der Waals surface area contributed by atoms with E-state index in [9.17, 15) is 19.8 Å². The number of aliphatic hydroxyl groups is 1. The number of aryl methyl sites for hydroxylation is 1. The smallest absolute Gasteiger partial charge is 0.300 e. The number of Topliss-reactive ketones (excluding diaryl/α,β-unsaturated/α-hetero) is 1. The second-order valence-electron chi connectivity index (χ2n) is 8.29. The molecular formula is C28H27NO6. The molecule has 1 heterocycles. The monoisotopic (exact) mass is 473 g/mol. The second kappa shape index (κ2) is 9.93. The molecule has 7 nitrogen and oxygen atoms in total. The van der Waals surface area contributed by atoms with Gasteiger partial charge in [-0.25, -0.2) is 0 Å². The molecule has 2 N–H and O–H groups in total. The Morgan fingerprint density at radius 2 is 1.69 bits per heavy atom. The minimum absolute atomic E-state index is 0.0295. The van der Waals surface area contributed by atoms with Gasteiger partial charge >= 0.3 is 0 Å². The van der Waals surface area contributed by atoms with Gasteiger partial charge in [-0.2, -0.15) is 0 Å². The number of methoxy groups -OCH3 is 1. The van der Waals surface area contributed by atoms with Crippen molar-refractivity contribution in [1.82, 2.24) is 0 Å². The predicted octanol–water partition coefficient (Wildman–Crippen LogP) is 5.12. The molecule has 7 heteroatoms. The summed E-state index contributed by atoms with van der Waals surface area (Å²) in [7, 11) is 1.54. The summed E-state index contributed by atoms with van der Waals surface area (Å²) in [6.45, 7) is 4.44. The molecule has 1 unspecified atom stereocenters. The number of benzene rings is 3. The lowest BCUT2D eigenvalue weighted by Crippen LogP contribution is -2.29. The minimum Gasteiger partial charge on any atom is -0.508 e. The molecule has 0 bridgehead atoms. The van der Waals surface area contributed by atoms with Gasteiger partial charge in [-0.15, -0.1) is 0 Å². The zero-order chi connectivity index (χ0) is 25.1. The summed E-state index contributed by atoms with van der Waals surface area (Å²) in [6, 6.07) is 17.2. The van der Waals surface area contributed by atoms with E-state index in [4.69, 9.17) is 9.47 Å². The number of aliphatic hydroxyl groups excluding tert-OH is 1. The Morgan fingerprint density at radius 1 is 1.00 bits per heavy atom. The van der Waals surface area contributed by atoms with Crippen LogP contribution in [0.1, 0.15) is 36.1 Å². The van der Waals surface area contributed by atoms with Crippen molar-refractivity contribution in [3.63, 3.8) is 0 Å². The summed E-state index contributed by atoms with van der Waals surface area (Å²) >= 11 is 0. The molecule has 1 amide bonds. The Labute approximate surface area is 203 Å². The number of aromatic hydroxyl groups is 1. The summed E-state index contributed by atoms with van der Waals surface area (Å²) in [5.74, 6) is -0.477. The lowest BCUT2D eigenvalue weighted by atomic mass is 9.94. The molecule has 1 saturated heterocycles. The minimum atomic E-state index is -0.889. The van der Waals surface area contributed by atoms with Crippen molar-refractivity contribution >= 4 is 23.1 Å². The summed E-state index contributed by atoms with van der Waals surface area (Å²) in [4.78, 5) is 27.8. The zero-order valence-electron chi connectivity index (χ0n) is 19.8. The first-order valence-electron chi connectivity index (χ1n) is 11.3. The van der Waals surface area contributed by atoms with E-state index < -0.39 is 17.7 Å². The van der Waals surface area contributed by atoms with E-state index in [1.165, 1.54) is 24.1 Å². The number of carbonyl (C=O) groups is 2. The Morgan fingerprint density at radius 3 is 2.29 bits per heavy atom. The van der Waals surface area contributed by atoms with Crippen LogP contribution >= 0.6 is 0 Å². The SMILES string of the molecule is CCCOc1ccc(/C(O)=C2/C(=O)C(=O)N(c3ccc(OC)cc3)C2c2ccc(O)cc2)cc1C. The van der Waals surface area contributed by atoms with Gasteiger partial charge in [0.1, 0.15) is 23.0 Å². The Balaban J connectivity index is 1.86. The van der Waals surface area contributed by atoms with Crippen molar-refractivity contribution < 1.29 is 29.3 Å². The van der Waals surface area contributed by atoms with Crippen molar-refractivity contribution in [3.8, 4) is 17.2 Å². The van der Waals surface area contributed by atoms with Gasteiger partial charge in [0, 0.05) is 11.3 Å². The van der Waals surface area contributed by atoms with E-state index >= 15 is 0 Å². The number of hydrogen-bond donors (Lipinski definition) is 2. The first kappa shape index (κ1) is 23.9. The molecule has 1 aliphatic heterocycles. The molecule has 1 fully saturated rings. The molecule has 35 heavy (non-hydrogen) atoms. The highest BCUT2D eigenvalue weighted by molar-refractivity contribution is 6.51. The summed E-state index contributed by atoms with van der Waals surface area (Å²) in [5, 5.41) is 21.1. The van der Waals surface area contributed by atoms with Crippen LogP contribution in [0.25, 0.3) is 5.76 Å². The second-order valence-corrected chi connectivity index (χ2v) is 8.29. The number of carbonyl (C=O) groups excluding carboxylic acids is 2. The molecule has 1 atom stereocenters. The quantitative estimate of drug-likeness (QED) is 0.281. The number of ether oxygens (including phenoxy) is 2. The van der Waals surface area contributed by atoms with Gasteiger partial charge in [0.05, 0.1) is 25.3 Å². The number of rotatable bonds is 7. The zero-order valence-corrected chi connectivity index (χ0v) is 19.8. The molecule has 0 spiro atoms. The van der Waals surface area contributed by atoms with Gasteiger partial charge < -0.3 is 19.7 Å². The van der Waals surface area contributed by atoms with Crippen molar-refractivity contribution in [2.75, 3.05) is 18.6 Å². The number of hydrogen-bond acceptors (Lipinski definition) is 6. The van der Waals surface area contributed by atoms with Gasteiger partial charge in [-0.3, -0.25) is 14.5 Å². The van der Waals surface area contributed by atoms with E-state index in [1.54, 1.807) is 54.6 Å². The lowest BCUT2D eigenvalue weighted by Gasteiger charge is -2.25. The standard InChI is InChI=1S/C28H27NO6/c1-4-15-35-23-14-7-19(16-17(23)2)26(31)24-25(18-5-10-21(30)11-6-18)29(28(33)27(24)32)20-8-12-22(34-3)13-9-20/h5-14,16,25,30-31H,4,15H2,1-3H3/b26-24-. The van der Waals surface area contributed by atoms with Gasteiger partial charge in [0.2, 0.25) is 0 Å². The van der Waals surface area contributed by atoms with Crippen LogP contribution in [0, 0.1) is 6.92 Å². The van der Waals surface area contributed by atoms with Crippen molar-refractivity contribution in [1.29, 1.82) is 0 Å².